The number of amides is 1. The molecular weight excluding hydrogens is 298 g/mol. The average molecular weight is 317 g/mol. The minimum absolute atomic E-state index is 0.187. The zero-order valence-electron chi connectivity index (χ0n) is 13.6. The van der Waals surface area contributed by atoms with Gasteiger partial charge in [-0.15, -0.1) is 0 Å². The van der Waals surface area contributed by atoms with Crippen LogP contribution in [-0.2, 0) is 9.53 Å². The first-order chi connectivity index (χ1) is 10.9. The van der Waals surface area contributed by atoms with Crippen LogP contribution in [0, 0.1) is 20.8 Å². The van der Waals surface area contributed by atoms with Crippen molar-refractivity contribution in [1.29, 1.82) is 0 Å². The Hall–Kier alpha value is -2.76. The minimum Gasteiger partial charge on any atom is -0.482 e. The van der Waals surface area contributed by atoms with Crippen molar-refractivity contribution in [3.05, 3.63) is 46.9 Å². The van der Waals surface area contributed by atoms with Crippen LogP contribution in [0.3, 0.4) is 0 Å². The smallest absolute Gasteiger partial charge is 0.343 e. The molecule has 2 aromatic rings. The highest BCUT2D eigenvalue weighted by molar-refractivity contribution is 6.06. The summed E-state index contributed by atoms with van der Waals surface area (Å²) in [6, 6.07) is 6.79. The van der Waals surface area contributed by atoms with Gasteiger partial charge >= 0.3 is 5.97 Å². The number of carbonyl (C=O) groups is 2. The lowest BCUT2D eigenvalue weighted by Crippen LogP contribution is -2.14. The second-order valence-electron chi connectivity index (χ2n) is 5.06. The van der Waals surface area contributed by atoms with Gasteiger partial charge < -0.3 is 19.2 Å². The predicted molar refractivity (Wildman–Crippen MR) is 84.8 cm³/mol. The van der Waals surface area contributed by atoms with E-state index in [0.717, 1.165) is 11.3 Å². The van der Waals surface area contributed by atoms with Gasteiger partial charge in [-0.25, -0.2) is 4.79 Å². The number of aryl methyl sites for hydroxylation is 2. The molecule has 1 heterocycles. The lowest BCUT2D eigenvalue weighted by atomic mass is 10.1. The molecule has 0 bridgehead atoms. The molecule has 0 aliphatic carbocycles. The average Bonchev–Trinajstić information content (AvgIpc) is 2.78. The highest BCUT2D eigenvalue weighted by Crippen LogP contribution is 2.23. The molecule has 122 valence electrons. The fourth-order valence-corrected chi connectivity index (χ4v) is 2.19. The summed E-state index contributed by atoms with van der Waals surface area (Å²) in [5, 5.41) is 2.80. The van der Waals surface area contributed by atoms with Gasteiger partial charge in [0.2, 0.25) is 0 Å². The standard InChI is InChI=1S/C17H19NO5/c1-10-11(2)23-12(3)16(10)17(20)18-13-6-5-7-14(8-13)22-9-15(19)21-4/h5-8H,9H2,1-4H3,(H,18,20). The maximum atomic E-state index is 12.4. The first-order valence-corrected chi connectivity index (χ1v) is 7.10. The van der Waals surface area contributed by atoms with Gasteiger partial charge in [-0.05, 0) is 32.9 Å². The van der Waals surface area contributed by atoms with Gasteiger partial charge in [-0.3, -0.25) is 4.79 Å². The summed E-state index contributed by atoms with van der Waals surface area (Å²) in [6.07, 6.45) is 0. The van der Waals surface area contributed by atoms with Crippen LogP contribution in [0.2, 0.25) is 0 Å². The molecule has 0 aliphatic heterocycles. The maximum absolute atomic E-state index is 12.4. The van der Waals surface area contributed by atoms with E-state index >= 15 is 0 Å². The normalized spacial score (nSPS) is 10.3. The van der Waals surface area contributed by atoms with Crippen molar-refractivity contribution in [1.82, 2.24) is 0 Å². The number of hydrogen-bond donors (Lipinski definition) is 1. The number of methoxy groups -OCH3 is 1. The minimum atomic E-state index is -0.473. The summed E-state index contributed by atoms with van der Waals surface area (Å²) in [6.45, 7) is 5.23. The van der Waals surface area contributed by atoms with Crippen molar-refractivity contribution in [2.75, 3.05) is 19.0 Å². The Labute approximate surface area is 134 Å². The Morgan fingerprint density at radius 3 is 2.52 bits per heavy atom. The number of rotatable bonds is 5. The third-order valence-corrected chi connectivity index (χ3v) is 3.46. The molecule has 6 heteroatoms. The Balaban J connectivity index is 2.11. The Bertz CT molecular complexity index is 733. The molecule has 0 saturated heterocycles. The van der Waals surface area contributed by atoms with Gasteiger partial charge in [0.15, 0.2) is 6.61 Å². The molecule has 0 fully saturated rings. The summed E-state index contributed by atoms with van der Waals surface area (Å²) in [5.74, 6) is 1.05. The quantitative estimate of drug-likeness (QED) is 0.858. The SMILES string of the molecule is COC(=O)COc1cccc(NC(=O)c2c(C)oc(C)c2C)c1. The van der Waals surface area contributed by atoms with Crippen LogP contribution >= 0.6 is 0 Å². The summed E-state index contributed by atoms with van der Waals surface area (Å²) in [5.41, 5.74) is 1.91. The number of nitrogens with one attached hydrogen (secondary N) is 1. The van der Waals surface area contributed by atoms with E-state index in [1.165, 1.54) is 7.11 Å². The molecular formula is C17H19NO5. The van der Waals surface area contributed by atoms with Crippen LogP contribution in [0.5, 0.6) is 5.75 Å². The van der Waals surface area contributed by atoms with Crippen molar-refractivity contribution in [2.24, 2.45) is 0 Å². The molecule has 0 spiro atoms. The molecule has 0 unspecified atom stereocenters. The Morgan fingerprint density at radius 2 is 1.91 bits per heavy atom. The number of hydrogen-bond acceptors (Lipinski definition) is 5. The van der Waals surface area contributed by atoms with Crippen LogP contribution in [0.1, 0.15) is 27.4 Å². The summed E-state index contributed by atoms with van der Waals surface area (Å²) < 4.78 is 15.3. The van der Waals surface area contributed by atoms with Crippen molar-refractivity contribution >= 4 is 17.6 Å². The number of anilines is 1. The third-order valence-electron chi connectivity index (χ3n) is 3.46. The molecule has 1 aromatic heterocycles. The zero-order chi connectivity index (χ0) is 17.0. The van der Waals surface area contributed by atoms with E-state index in [9.17, 15) is 9.59 Å². The highest BCUT2D eigenvalue weighted by Gasteiger charge is 2.18. The van der Waals surface area contributed by atoms with Crippen molar-refractivity contribution in [3.63, 3.8) is 0 Å². The van der Waals surface area contributed by atoms with E-state index in [1.54, 1.807) is 31.2 Å². The number of carbonyl (C=O) groups excluding carboxylic acids is 2. The summed E-state index contributed by atoms with van der Waals surface area (Å²) in [4.78, 5) is 23.5. The third kappa shape index (κ3) is 3.91. The first kappa shape index (κ1) is 16.6. The lowest BCUT2D eigenvalue weighted by Gasteiger charge is -2.08. The van der Waals surface area contributed by atoms with Crippen molar-refractivity contribution in [2.45, 2.75) is 20.8 Å². The van der Waals surface area contributed by atoms with E-state index < -0.39 is 5.97 Å². The predicted octanol–water partition coefficient (Wildman–Crippen LogP) is 3.01. The molecule has 0 saturated carbocycles. The fraction of sp³-hybridized carbons (Fsp3) is 0.294. The van der Waals surface area contributed by atoms with Crippen molar-refractivity contribution < 1.29 is 23.5 Å². The van der Waals surface area contributed by atoms with E-state index in [4.69, 9.17) is 9.15 Å². The summed E-state index contributed by atoms with van der Waals surface area (Å²) >= 11 is 0. The molecule has 1 amide bonds. The number of esters is 1. The van der Waals surface area contributed by atoms with E-state index in [2.05, 4.69) is 10.1 Å². The highest BCUT2D eigenvalue weighted by atomic mass is 16.6. The molecule has 6 nitrogen and oxygen atoms in total. The van der Waals surface area contributed by atoms with Gasteiger partial charge in [0.05, 0.1) is 12.7 Å². The number of benzene rings is 1. The number of furan rings is 1. The fourth-order valence-electron chi connectivity index (χ4n) is 2.19. The monoisotopic (exact) mass is 317 g/mol. The largest absolute Gasteiger partial charge is 0.482 e. The van der Waals surface area contributed by atoms with E-state index in [-0.39, 0.29) is 12.5 Å². The van der Waals surface area contributed by atoms with Gasteiger partial charge in [0.25, 0.3) is 5.91 Å². The second kappa shape index (κ2) is 7.00. The molecule has 0 aliphatic rings. The molecule has 2 rings (SSSR count). The second-order valence-corrected chi connectivity index (χ2v) is 5.06. The lowest BCUT2D eigenvalue weighted by molar-refractivity contribution is -0.142. The zero-order valence-corrected chi connectivity index (χ0v) is 13.6. The van der Waals surface area contributed by atoms with Crippen LogP contribution in [0.15, 0.2) is 28.7 Å². The molecule has 1 aromatic carbocycles. The van der Waals surface area contributed by atoms with Crippen LogP contribution in [-0.4, -0.2) is 25.6 Å². The van der Waals surface area contributed by atoms with Gasteiger partial charge in [-0.1, -0.05) is 6.07 Å². The van der Waals surface area contributed by atoms with Gasteiger partial charge in [0.1, 0.15) is 17.3 Å². The topological polar surface area (TPSA) is 77.8 Å². The van der Waals surface area contributed by atoms with E-state index in [1.807, 2.05) is 13.8 Å². The Morgan fingerprint density at radius 1 is 1.17 bits per heavy atom. The molecule has 0 atom stereocenters. The maximum Gasteiger partial charge on any atom is 0.343 e. The van der Waals surface area contributed by atoms with Gasteiger partial charge in [-0.2, -0.15) is 0 Å². The molecule has 1 N–H and O–H groups in total. The van der Waals surface area contributed by atoms with Crippen LogP contribution in [0.25, 0.3) is 0 Å². The molecule has 23 heavy (non-hydrogen) atoms. The van der Waals surface area contributed by atoms with Crippen molar-refractivity contribution in [3.8, 4) is 5.75 Å². The van der Waals surface area contributed by atoms with Gasteiger partial charge in [0, 0.05) is 17.3 Å². The summed E-state index contributed by atoms with van der Waals surface area (Å²) in [7, 11) is 1.29. The number of ether oxygens (including phenoxy) is 2. The molecule has 0 radical (unpaired) electrons. The van der Waals surface area contributed by atoms with Crippen LogP contribution in [0.4, 0.5) is 5.69 Å². The van der Waals surface area contributed by atoms with Crippen LogP contribution < -0.4 is 10.1 Å². The first-order valence-electron chi connectivity index (χ1n) is 7.10. The van der Waals surface area contributed by atoms with E-state index in [0.29, 0.717) is 22.8 Å². The Kier molecular flexibility index (Phi) is 5.05.